The van der Waals surface area contributed by atoms with E-state index in [0.29, 0.717) is 31.0 Å². The number of aromatic nitrogens is 2. The van der Waals surface area contributed by atoms with Gasteiger partial charge in [0.1, 0.15) is 18.7 Å². The predicted octanol–water partition coefficient (Wildman–Crippen LogP) is 3.21. The van der Waals surface area contributed by atoms with E-state index in [1.165, 1.54) is 6.33 Å². The molecule has 0 N–H and O–H groups in total. The first kappa shape index (κ1) is 15.3. The molecule has 0 radical (unpaired) electrons. The Hall–Kier alpha value is -3.21. The summed E-state index contributed by atoms with van der Waals surface area (Å²) in [4.78, 5) is 22.8. The molecule has 0 spiro atoms. The molecule has 25 heavy (non-hydrogen) atoms. The largest absolute Gasteiger partial charge is 0.489 e. The van der Waals surface area contributed by atoms with E-state index in [2.05, 4.69) is 9.97 Å². The van der Waals surface area contributed by atoms with Gasteiger partial charge in [0.05, 0.1) is 12.2 Å². The summed E-state index contributed by atoms with van der Waals surface area (Å²) < 4.78 is 5.81. The van der Waals surface area contributed by atoms with Crippen molar-refractivity contribution in [2.45, 2.75) is 19.7 Å². The third-order valence-electron chi connectivity index (χ3n) is 4.20. The lowest BCUT2D eigenvalue weighted by atomic mass is 10.2. The van der Waals surface area contributed by atoms with Gasteiger partial charge in [-0.3, -0.25) is 4.79 Å². The van der Waals surface area contributed by atoms with E-state index in [-0.39, 0.29) is 5.91 Å². The van der Waals surface area contributed by atoms with Crippen molar-refractivity contribution < 1.29 is 9.53 Å². The van der Waals surface area contributed by atoms with Gasteiger partial charge in [0.25, 0.3) is 5.91 Å². The molecule has 5 heteroatoms. The molecule has 0 fully saturated rings. The van der Waals surface area contributed by atoms with Gasteiger partial charge in [-0.15, -0.1) is 0 Å². The summed E-state index contributed by atoms with van der Waals surface area (Å²) in [7, 11) is 0. The Morgan fingerprint density at radius 3 is 2.80 bits per heavy atom. The zero-order chi connectivity index (χ0) is 17.1. The number of rotatable bonds is 4. The number of hydrogen-bond acceptors (Lipinski definition) is 4. The van der Waals surface area contributed by atoms with Gasteiger partial charge in [-0.25, -0.2) is 9.97 Å². The first-order valence-corrected chi connectivity index (χ1v) is 8.13. The average Bonchev–Trinajstić information content (AvgIpc) is 3.11. The Balaban J connectivity index is 1.45. The van der Waals surface area contributed by atoms with E-state index >= 15 is 0 Å². The number of hydrogen-bond donors (Lipinski definition) is 0. The van der Waals surface area contributed by atoms with Crippen LogP contribution in [0.15, 0.2) is 67.1 Å². The van der Waals surface area contributed by atoms with E-state index in [4.69, 9.17) is 4.74 Å². The summed E-state index contributed by atoms with van der Waals surface area (Å²) in [6, 6.07) is 17.3. The van der Waals surface area contributed by atoms with Crippen LogP contribution in [0.3, 0.4) is 0 Å². The quantitative estimate of drug-likeness (QED) is 0.737. The molecular weight excluding hydrogens is 314 g/mol. The zero-order valence-corrected chi connectivity index (χ0v) is 13.6. The molecule has 0 aliphatic carbocycles. The molecule has 1 aliphatic heterocycles. The molecule has 0 unspecified atom stereocenters. The topological polar surface area (TPSA) is 55.3 Å². The minimum Gasteiger partial charge on any atom is -0.489 e. The highest BCUT2D eigenvalue weighted by molar-refractivity contribution is 5.94. The lowest BCUT2D eigenvalue weighted by molar-refractivity contribution is 0.0750. The van der Waals surface area contributed by atoms with Crippen molar-refractivity contribution in [3.05, 3.63) is 89.5 Å². The van der Waals surface area contributed by atoms with Crippen LogP contribution < -0.4 is 4.74 Å². The van der Waals surface area contributed by atoms with E-state index in [1.54, 1.807) is 17.2 Å². The molecule has 2 heterocycles. The van der Waals surface area contributed by atoms with Gasteiger partial charge in [-0.05, 0) is 23.8 Å². The normalized spacial score (nSPS) is 12.7. The van der Waals surface area contributed by atoms with Crippen LogP contribution in [-0.2, 0) is 19.7 Å². The maximum Gasteiger partial charge on any atom is 0.254 e. The molecule has 124 valence electrons. The maximum absolute atomic E-state index is 12.8. The fourth-order valence-electron chi connectivity index (χ4n) is 2.89. The molecule has 2 aromatic carbocycles. The summed E-state index contributed by atoms with van der Waals surface area (Å²) in [6.07, 6.45) is 3.29. The third-order valence-corrected chi connectivity index (χ3v) is 4.20. The predicted molar refractivity (Wildman–Crippen MR) is 92.8 cm³/mol. The van der Waals surface area contributed by atoms with E-state index in [9.17, 15) is 4.79 Å². The fraction of sp³-hybridized carbons (Fsp3) is 0.150. The monoisotopic (exact) mass is 331 g/mol. The Morgan fingerprint density at radius 1 is 1.08 bits per heavy atom. The molecular formula is C20H17N3O2. The first-order chi connectivity index (χ1) is 12.3. The van der Waals surface area contributed by atoms with Crippen molar-refractivity contribution in [3.63, 3.8) is 0 Å². The molecule has 0 bridgehead atoms. The van der Waals surface area contributed by atoms with Gasteiger partial charge in [-0.2, -0.15) is 0 Å². The van der Waals surface area contributed by atoms with Crippen LogP contribution in [0.2, 0.25) is 0 Å². The fourth-order valence-corrected chi connectivity index (χ4v) is 2.89. The van der Waals surface area contributed by atoms with Crippen molar-refractivity contribution >= 4 is 5.91 Å². The van der Waals surface area contributed by atoms with Crippen molar-refractivity contribution in [1.29, 1.82) is 0 Å². The van der Waals surface area contributed by atoms with Gasteiger partial charge in [0.15, 0.2) is 0 Å². The Labute approximate surface area is 145 Å². The highest BCUT2D eigenvalue weighted by Gasteiger charge is 2.25. The smallest absolute Gasteiger partial charge is 0.254 e. The summed E-state index contributed by atoms with van der Waals surface area (Å²) in [6.45, 7) is 1.54. The lowest BCUT2D eigenvalue weighted by Crippen LogP contribution is -2.25. The molecule has 0 saturated heterocycles. The highest BCUT2D eigenvalue weighted by Crippen LogP contribution is 2.23. The number of carbonyl (C=O) groups is 1. The Bertz CT molecular complexity index is 871. The molecule has 1 aliphatic rings. The summed E-state index contributed by atoms with van der Waals surface area (Å²) in [5.41, 5.74) is 3.63. The lowest BCUT2D eigenvalue weighted by Gasteiger charge is -2.15. The second-order valence-corrected chi connectivity index (χ2v) is 5.96. The van der Waals surface area contributed by atoms with Gasteiger partial charge < -0.3 is 9.64 Å². The average molecular weight is 331 g/mol. The molecule has 3 aromatic rings. The second kappa shape index (κ2) is 6.73. The third kappa shape index (κ3) is 3.35. The minimum absolute atomic E-state index is 0.0249. The molecule has 4 rings (SSSR count). The van der Waals surface area contributed by atoms with Gasteiger partial charge in [0, 0.05) is 23.9 Å². The summed E-state index contributed by atoms with van der Waals surface area (Å²) in [5.74, 6) is 0.661. The van der Waals surface area contributed by atoms with Crippen LogP contribution in [0.25, 0.3) is 0 Å². The minimum atomic E-state index is -0.0249. The number of fused-ring (bicyclic) bond motifs is 1. The summed E-state index contributed by atoms with van der Waals surface area (Å²) >= 11 is 0. The Morgan fingerprint density at radius 2 is 1.96 bits per heavy atom. The van der Waals surface area contributed by atoms with Gasteiger partial charge in [-0.1, -0.05) is 36.4 Å². The molecule has 5 nitrogen and oxygen atoms in total. The molecule has 1 amide bonds. The maximum atomic E-state index is 12.8. The van der Waals surface area contributed by atoms with Gasteiger partial charge >= 0.3 is 0 Å². The van der Waals surface area contributed by atoms with Crippen molar-refractivity contribution in [3.8, 4) is 5.75 Å². The van der Waals surface area contributed by atoms with Crippen LogP contribution in [0, 0.1) is 0 Å². The summed E-state index contributed by atoms with van der Waals surface area (Å²) in [5, 5.41) is 0. The molecule has 1 aromatic heterocycles. The second-order valence-electron chi connectivity index (χ2n) is 5.96. The first-order valence-electron chi connectivity index (χ1n) is 8.13. The van der Waals surface area contributed by atoms with Crippen LogP contribution in [-0.4, -0.2) is 20.8 Å². The van der Waals surface area contributed by atoms with Crippen molar-refractivity contribution in [2.75, 3.05) is 0 Å². The van der Waals surface area contributed by atoms with Crippen LogP contribution >= 0.6 is 0 Å². The molecule has 0 atom stereocenters. The van der Waals surface area contributed by atoms with Gasteiger partial charge in [0.2, 0.25) is 0 Å². The Kier molecular flexibility index (Phi) is 4.12. The van der Waals surface area contributed by atoms with E-state index < -0.39 is 0 Å². The van der Waals surface area contributed by atoms with Crippen molar-refractivity contribution in [1.82, 2.24) is 14.9 Å². The number of ether oxygens (including phenoxy) is 1. The molecule has 0 saturated carbocycles. The zero-order valence-electron chi connectivity index (χ0n) is 13.6. The standard InChI is InChI=1S/C20H17N3O2/c24-20(23-11-17-10-21-14-22-19(17)12-23)16-7-4-8-18(9-16)25-13-15-5-2-1-3-6-15/h1-10,14H,11-13H2. The number of amides is 1. The van der Waals surface area contributed by atoms with E-state index in [1.807, 2.05) is 48.5 Å². The number of carbonyl (C=O) groups excluding carboxylic acids is 1. The number of nitrogens with zero attached hydrogens (tertiary/aromatic N) is 3. The van der Waals surface area contributed by atoms with E-state index in [0.717, 1.165) is 16.8 Å². The SMILES string of the molecule is O=C(c1cccc(OCc2ccccc2)c1)N1Cc2cncnc2C1. The highest BCUT2D eigenvalue weighted by atomic mass is 16.5. The van der Waals surface area contributed by atoms with Crippen LogP contribution in [0.5, 0.6) is 5.75 Å². The number of benzene rings is 2. The van der Waals surface area contributed by atoms with Crippen molar-refractivity contribution in [2.24, 2.45) is 0 Å². The van der Waals surface area contributed by atoms with Crippen LogP contribution in [0.1, 0.15) is 27.2 Å². The van der Waals surface area contributed by atoms with Crippen LogP contribution in [0.4, 0.5) is 0 Å².